The van der Waals surface area contributed by atoms with Crippen LogP contribution in [0.5, 0.6) is 0 Å². The lowest BCUT2D eigenvalue weighted by Crippen LogP contribution is -2.57. The van der Waals surface area contributed by atoms with Gasteiger partial charge in [-0.1, -0.05) is 55.5 Å². The van der Waals surface area contributed by atoms with E-state index in [9.17, 15) is 0 Å². The summed E-state index contributed by atoms with van der Waals surface area (Å²) in [5.74, 6) is 0. The normalized spacial score (nSPS) is 30.5. The number of hydrogen-bond donors (Lipinski definition) is 0. The van der Waals surface area contributed by atoms with Crippen molar-refractivity contribution in [3.8, 4) is 0 Å². The van der Waals surface area contributed by atoms with E-state index in [0.29, 0.717) is 0 Å². The van der Waals surface area contributed by atoms with Gasteiger partial charge in [0.15, 0.2) is 0 Å². The zero-order valence-corrected chi connectivity index (χ0v) is 13.5. The fraction of sp³-hybridized carbons (Fsp3) is 0.381. The Morgan fingerprint density at radius 3 is 2.18 bits per heavy atom. The third kappa shape index (κ3) is 1.99. The van der Waals surface area contributed by atoms with Crippen molar-refractivity contribution < 1.29 is 0 Å². The number of piperidine rings is 2. The fourth-order valence-electron chi connectivity index (χ4n) is 4.20. The molecule has 0 N–H and O–H groups in total. The molecule has 1 nitrogen and oxygen atoms in total. The Labute approximate surface area is 134 Å². The van der Waals surface area contributed by atoms with Crippen molar-refractivity contribution in [2.24, 2.45) is 5.41 Å². The van der Waals surface area contributed by atoms with Crippen LogP contribution >= 0.6 is 0 Å². The number of rotatable bonds is 2. The summed E-state index contributed by atoms with van der Waals surface area (Å²) in [5.41, 5.74) is 4.41. The molecule has 3 fully saturated rings. The molecule has 2 aromatic carbocycles. The highest BCUT2D eigenvalue weighted by Gasteiger charge is 2.53. The average molecular weight is 289 g/mol. The average Bonchev–Trinajstić information content (AvgIpc) is 2.56. The van der Waals surface area contributed by atoms with Gasteiger partial charge in [-0.15, -0.1) is 0 Å². The number of benzene rings is 2. The standard InChI is InChI=1S/C21H23N/c1-17-8-6-7-11-19(17)22-16-20(2)12-14-21(22,15-13-20)18-9-4-3-5-10-18/h3-11H,12-15H2,1-2H3. The van der Waals surface area contributed by atoms with Crippen LogP contribution in [0.25, 0.3) is 0 Å². The summed E-state index contributed by atoms with van der Waals surface area (Å²) < 4.78 is 0. The monoisotopic (exact) mass is 289 g/mol. The Kier molecular flexibility index (Phi) is 3.07. The first-order chi connectivity index (χ1) is 10.6. The van der Waals surface area contributed by atoms with Gasteiger partial charge in [-0.2, -0.15) is 0 Å². The van der Waals surface area contributed by atoms with Crippen molar-refractivity contribution in [2.45, 2.75) is 45.1 Å². The Hall–Kier alpha value is -1.76. The largest absolute Gasteiger partial charge is 0.350 e. The van der Waals surface area contributed by atoms with Crippen LogP contribution in [0.4, 0.5) is 5.69 Å². The smallest absolute Gasteiger partial charge is 0.0985 e. The molecule has 2 aromatic rings. The van der Waals surface area contributed by atoms with E-state index in [1.54, 1.807) is 0 Å². The second-order valence-corrected chi connectivity index (χ2v) is 7.19. The number of para-hydroxylation sites is 1. The SMILES string of the molecule is Cc1ccccc1N1[C]C2(C)CCC1(c1ccccc1)CC2. The summed E-state index contributed by atoms with van der Waals surface area (Å²) in [4.78, 5) is 2.48. The molecule has 0 amide bonds. The Balaban J connectivity index is 1.86. The predicted molar refractivity (Wildman–Crippen MR) is 91.6 cm³/mol. The fourth-order valence-corrected chi connectivity index (χ4v) is 4.20. The third-order valence-electron chi connectivity index (χ3n) is 5.66. The molecule has 0 spiro atoms. The number of anilines is 1. The summed E-state index contributed by atoms with van der Waals surface area (Å²) >= 11 is 0. The summed E-state index contributed by atoms with van der Waals surface area (Å²) in [5, 5.41) is 0. The van der Waals surface area contributed by atoms with E-state index >= 15 is 0 Å². The van der Waals surface area contributed by atoms with Gasteiger partial charge in [0, 0.05) is 5.69 Å². The molecule has 2 heterocycles. The van der Waals surface area contributed by atoms with Gasteiger partial charge in [0.05, 0.1) is 12.1 Å². The maximum atomic E-state index is 3.86. The zero-order chi connectivity index (χ0) is 15.2. The van der Waals surface area contributed by atoms with E-state index in [1.165, 1.54) is 42.5 Å². The van der Waals surface area contributed by atoms with E-state index in [0.717, 1.165) is 0 Å². The molecule has 3 aliphatic rings. The highest BCUT2D eigenvalue weighted by molar-refractivity contribution is 5.60. The second-order valence-electron chi connectivity index (χ2n) is 7.19. The topological polar surface area (TPSA) is 3.24 Å². The molecule has 112 valence electrons. The van der Waals surface area contributed by atoms with Crippen LogP contribution in [-0.4, -0.2) is 0 Å². The lowest BCUT2D eigenvalue weighted by Gasteiger charge is -2.59. The molecular weight excluding hydrogens is 266 g/mol. The van der Waals surface area contributed by atoms with E-state index < -0.39 is 0 Å². The highest BCUT2D eigenvalue weighted by Crippen LogP contribution is 2.58. The summed E-state index contributed by atoms with van der Waals surface area (Å²) in [6.45, 7) is 8.44. The van der Waals surface area contributed by atoms with Crippen LogP contribution in [0.1, 0.15) is 43.7 Å². The van der Waals surface area contributed by atoms with Gasteiger partial charge < -0.3 is 4.90 Å². The molecule has 22 heavy (non-hydrogen) atoms. The zero-order valence-electron chi connectivity index (χ0n) is 13.5. The number of aryl methyl sites for hydroxylation is 1. The number of nitrogens with zero attached hydrogens (tertiary/aromatic N) is 1. The summed E-state index contributed by atoms with van der Waals surface area (Å²) in [7, 11) is 0. The van der Waals surface area contributed by atoms with Gasteiger partial charge in [-0.25, -0.2) is 0 Å². The van der Waals surface area contributed by atoms with Crippen LogP contribution in [0.3, 0.4) is 0 Å². The molecule has 2 saturated heterocycles. The van der Waals surface area contributed by atoms with Crippen molar-refractivity contribution in [2.75, 3.05) is 4.90 Å². The van der Waals surface area contributed by atoms with Crippen LogP contribution < -0.4 is 4.90 Å². The first-order valence-electron chi connectivity index (χ1n) is 8.32. The molecule has 5 rings (SSSR count). The van der Waals surface area contributed by atoms with E-state index in [4.69, 9.17) is 0 Å². The minimum absolute atomic E-state index is 0.0884. The summed E-state index contributed by atoms with van der Waals surface area (Å²) in [6, 6.07) is 19.8. The van der Waals surface area contributed by atoms with E-state index in [-0.39, 0.29) is 11.0 Å². The summed E-state index contributed by atoms with van der Waals surface area (Å²) in [6.07, 6.45) is 4.91. The first kappa shape index (κ1) is 13.9. The molecule has 0 unspecified atom stereocenters. The Morgan fingerprint density at radius 1 is 0.864 bits per heavy atom. The van der Waals surface area contributed by atoms with Gasteiger partial charge in [-0.05, 0) is 55.2 Å². The van der Waals surface area contributed by atoms with Crippen molar-refractivity contribution in [3.05, 3.63) is 72.3 Å². The van der Waals surface area contributed by atoms with Crippen LogP contribution in [0.2, 0.25) is 0 Å². The Bertz CT molecular complexity index is 665. The van der Waals surface area contributed by atoms with Crippen LogP contribution in [-0.2, 0) is 5.54 Å². The molecule has 1 heteroatoms. The maximum absolute atomic E-state index is 3.86. The Morgan fingerprint density at radius 2 is 1.50 bits per heavy atom. The number of fused-ring (bicyclic) bond motifs is 3. The third-order valence-corrected chi connectivity index (χ3v) is 5.66. The van der Waals surface area contributed by atoms with E-state index in [1.807, 2.05) is 0 Å². The maximum Gasteiger partial charge on any atom is 0.0985 e. The van der Waals surface area contributed by atoms with Crippen LogP contribution in [0.15, 0.2) is 54.6 Å². The minimum atomic E-state index is 0.0884. The lowest BCUT2D eigenvalue weighted by atomic mass is 9.60. The molecular formula is C21H23N. The molecule has 1 aliphatic carbocycles. The molecule has 2 radical (unpaired) electrons. The van der Waals surface area contributed by atoms with Gasteiger partial charge in [0.2, 0.25) is 0 Å². The molecule has 2 bridgehead atoms. The minimum Gasteiger partial charge on any atom is -0.350 e. The van der Waals surface area contributed by atoms with Gasteiger partial charge in [0.25, 0.3) is 0 Å². The second kappa shape index (κ2) is 4.87. The molecule has 0 atom stereocenters. The molecule has 0 aromatic heterocycles. The van der Waals surface area contributed by atoms with Crippen molar-refractivity contribution in [3.63, 3.8) is 0 Å². The highest BCUT2D eigenvalue weighted by atomic mass is 15.2. The van der Waals surface area contributed by atoms with Crippen molar-refractivity contribution in [1.29, 1.82) is 0 Å². The van der Waals surface area contributed by atoms with Crippen molar-refractivity contribution >= 4 is 5.69 Å². The van der Waals surface area contributed by atoms with Gasteiger partial charge in [-0.3, -0.25) is 0 Å². The number of hydrogen-bond acceptors (Lipinski definition) is 1. The lowest BCUT2D eigenvalue weighted by molar-refractivity contribution is 0.113. The van der Waals surface area contributed by atoms with E-state index in [2.05, 4.69) is 79.9 Å². The van der Waals surface area contributed by atoms with Crippen LogP contribution in [0, 0.1) is 18.9 Å². The molecule has 1 saturated carbocycles. The quantitative estimate of drug-likeness (QED) is 0.722. The molecule has 2 aliphatic heterocycles. The van der Waals surface area contributed by atoms with Gasteiger partial charge in [0.1, 0.15) is 0 Å². The van der Waals surface area contributed by atoms with Gasteiger partial charge >= 0.3 is 0 Å². The van der Waals surface area contributed by atoms with Crippen molar-refractivity contribution in [1.82, 2.24) is 0 Å². The first-order valence-corrected chi connectivity index (χ1v) is 8.32. The predicted octanol–water partition coefficient (Wildman–Crippen LogP) is 5.33.